The maximum Gasteiger partial charge on any atom is 0.226 e. The summed E-state index contributed by atoms with van der Waals surface area (Å²) in [5.74, 6) is 3.31. The number of aliphatic hydroxyl groups excluding tert-OH is 2. The molecule has 0 unspecified atom stereocenters. The van der Waals surface area contributed by atoms with E-state index in [0.717, 1.165) is 11.8 Å². The van der Waals surface area contributed by atoms with Crippen molar-refractivity contribution in [3.63, 3.8) is 0 Å². The van der Waals surface area contributed by atoms with Gasteiger partial charge in [-0.15, -0.1) is 0 Å². The van der Waals surface area contributed by atoms with Gasteiger partial charge in [-0.1, -0.05) is 0 Å². The van der Waals surface area contributed by atoms with E-state index in [4.69, 9.17) is 0 Å². The fourth-order valence-electron chi connectivity index (χ4n) is 5.49. The fourth-order valence-corrected chi connectivity index (χ4v) is 5.49. The second-order valence-corrected chi connectivity index (χ2v) is 7.33. The predicted octanol–water partition coefficient (Wildman–Crippen LogP) is 0.623. The molecule has 0 radical (unpaired) electrons. The molecule has 0 spiro atoms. The van der Waals surface area contributed by atoms with Gasteiger partial charge in [-0.3, -0.25) is 4.79 Å². The Kier molecular flexibility index (Phi) is 2.68. The number of carbonyl (C=O) groups excluding carboxylic acids is 1. The standard InChI is InChI=1S/C15H23NO3/c17-12-6-16(7-13(12)18)15(19)14-10-2-8-1-9(4-10)5-11(14)3-8/h8-14,17-18H,1-7H2/t8?,9?,10?,11?,12-,13+,14?. The first kappa shape index (κ1) is 12.2. The molecule has 4 aliphatic carbocycles. The second kappa shape index (κ2) is 4.19. The van der Waals surface area contributed by atoms with Crippen LogP contribution >= 0.6 is 0 Å². The van der Waals surface area contributed by atoms with Crippen LogP contribution in [0, 0.1) is 29.6 Å². The van der Waals surface area contributed by atoms with Crippen molar-refractivity contribution >= 4 is 5.91 Å². The van der Waals surface area contributed by atoms with Gasteiger partial charge in [0.25, 0.3) is 0 Å². The van der Waals surface area contributed by atoms with E-state index in [1.165, 1.54) is 32.1 Å². The van der Waals surface area contributed by atoms with Gasteiger partial charge in [-0.05, 0) is 55.8 Å². The highest BCUT2D eigenvalue weighted by Gasteiger charge is 2.52. The van der Waals surface area contributed by atoms with Gasteiger partial charge in [0.05, 0.1) is 12.2 Å². The van der Waals surface area contributed by atoms with E-state index >= 15 is 0 Å². The first-order valence-electron chi connectivity index (χ1n) is 7.76. The molecule has 1 heterocycles. The summed E-state index contributed by atoms with van der Waals surface area (Å²) >= 11 is 0. The minimum absolute atomic E-state index is 0.185. The fraction of sp³-hybridized carbons (Fsp3) is 0.933. The summed E-state index contributed by atoms with van der Waals surface area (Å²) < 4.78 is 0. The van der Waals surface area contributed by atoms with E-state index in [0.29, 0.717) is 24.9 Å². The summed E-state index contributed by atoms with van der Waals surface area (Å²) in [6, 6.07) is 0. The van der Waals surface area contributed by atoms with Crippen molar-refractivity contribution in [1.29, 1.82) is 0 Å². The van der Waals surface area contributed by atoms with Crippen LogP contribution in [-0.4, -0.2) is 46.3 Å². The number of likely N-dealkylation sites (tertiary alicyclic amines) is 1. The predicted molar refractivity (Wildman–Crippen MR) is 69.1 cm³/mol. The van der Waals surface area contributed by atoms with Gasteiger partial charge in [0, 0.05) is 19.0 Å². The topological polar surface area (TPSA) is 60.8 Å². The summed E-state index contributed by atoms with van der Waals surface area (Å²) in [5.41, 5.74) is 0. The zero-order valence-corrected chi connectivity index (χ0v) is 11.2. The van der Waals surface area contributed by atoms with Crippen LogP contribution in [0.15, 0.2) is 0 Å². The minimum Gasteiger partial charge on any atom is -0.388 e. The molecule has 1 saturated heterocycles. The molecule has 0 aromatic carbocycles. The third-order valence-electron chi connectivity index (χ3n) is 6.08. The van der Waals surface area contributed by atoms with E-state index in [2.05, 4.69) is 0 Å². The Morgan fingerprint density at radius 1 is 0.842 bits per heavy atom. The molecule has 1 amide bonds. The van der Waals surface area contributed by atoms with Crippen LogP contribution in [0.5, 0.6) is 0 Å². The highest BCUT2D eigenvalue weighted by Crippen LogP contribution is 2.56. The van der Waals surface area contributed by atoms with Crippen molar-refractivity contribution in [2.45, 2.75) is 44.3 Å². The largest absolute Gasteiger partial charge is 0.388 e. The van der Waals surface area contributed by atoms with Gasteiger partial charge >= 0.3 is 0 Å². The van der Waals surface area contributed by atoms with Crippen molar-refractivity contribution in [2.24, 2.45) is 29.6 Å². The Morgan fingerprint density at radius 2 is 1.32 bits per heavy atom. The molecule has 4 heteroatoms. The highest BCUT2D eigenvalue weighted by molar-refractivity contribution is 5.80. The van der Waals surface area contributed by atoms with Crippen LogP contribution in [0.2, 0.25) is 0 Å². The Hall–Kier alpha value is -0.610. The molecule has 106 valence electrons. The van der Waals surface area contributed by atoms with Crippen molar-refractivity contribution in [2.75, 3.05) is 13.1 Å². The van der Waals surface area contributed by atoms with Gasteiger partial charge in [0.2, 0.25) is 5.91 Å². The molecule has 4 bridgehead atoms. The van der Waals surface area contributed by atoms with Crippen LogP contribution in [0.3, 0.4) is 0 Å². The zero-order chi connectivity index (χ0) is 13.1. The van der Waals surface area contributed by atoms with Gasteiger partial charge in [-0.2, -0.15) is 0 Å². The second-order valence-electron chi connectivity index (χ2n) is 7.33. The molecule has 0 aromatic rings. The van der Waals surface area contributed by atoms with E-state index in [9.17, 15) is 15.0 Å². The Bertz CT molecular complexity index is 359. The SMILES string of the molecule is O=C(C1C2CC3CC(C2)CC1C3)N1C[C@@H](O)[C@@H](O)C1. The maximum atomic E-state index is 12.7. The summed E-state index contributed by atoms with van der Waals surface area (Å²) in [4.78, 5) is 14.4. The van der Waals surface area contributed by atoms with Crippen molar-refractivity contribution in [3.8, 4) is 0 Å². The first-order chi connectivity index (χ1) is 9.11. The van der Waals surface area contributed by atoms with Gasteiger partial charge < -0.3 is 15.1 Å². The molecule has 4 nitrogen and oxygen atoms in total. The monoisotopic (exact) mass is 265 g/mol. The molecule has 5 fully saturated rings. The maximum absolute atomic E-state index is 12.7. The third kappa shape index (κ3) is 1.83. The Balaban J connectivity index is 1.52. The van der Waals surface area contributed by atoms with Crippen LogP contribution in [0.1, 0.15) is 32.1 Å². The number of aliphatic hydroxyl groups is 2. The van der Waals surface area contributed by atoms with Crippen LogP contribution in [0.4, 0.5) is 0 Å². The van der Waals surface area contributed by atoms with Crippen molar-refractivity contribution in [3.05, 3.63) is 0 Å². The lowest BCUT2D eigenvalue weighted by Gasteiger charge is -2.54. The van der Waals surface area contributed by atoms with E-state index in [1.807, 2.05) is 0 Å². The molecule has 0 aromatic heterocycles. The number of nitrogens with zero attached hydrogens (tertiary/aromatic N) is 1. The molecule has 5 rings (SSSR count). The van der Waals surface area contributed by atoms with Crippen LogP contribution in [-0.2, 0) is 4.79 Å². The lowest BCUT2D eigenvalue weighted by molar-refractivity contribution is -0.148. The molecule has 5 aliphatic rings. The minimum atomic E-state index is -0.749. The van der Waals surface area contributed by atoms with Crippen LogP contribution < -0.4 is 0 Å². The van der Waals surface area contributed by atoms with E-state index in [1.54, 1.807) is 4.90 Å². The lowest BCUT2D eigenvalue weighted by atomic mass is 9.51. The Labute approximate surface area is 113 Å². The number of hydrogen-bond acceptors (Lipinski definition) is 3. The lowest BCUT2D eigenvalue weighted by Crippen LogP contribution is -2.51. The average Bonchev–Trinajstić information content (AvgIpc) is 2.68. The molecule has 19 heavy (non-hydrogen) atoms. The average molecular weight is 265 g/mol. The summed E-state index contributed by atoms with van der Waals surface area (Å²) in [7, 11) is 0. The quantitative estimate of drug-likeness (QED) is 0.731. The summed E-state index contributed by atoms with van der Waals surface area (Å²) in [6.45, 7) is 0.644. The zero-order valence-electron chi connectivity index (χ0n) is 11.2. The van der Waals surface area contributed by atoms with E-state index < -0.39 is 12.2 Å². The number of carbonyl (C=O) groups is 1. The van der Waals surface area contributed by atoms with Gasteiger partial charge in [0.1, 0.15) is 0 Å². The third-order valence-corrected chi connectivity index (χ3v) is 6.08. The first-order valence-corrected chi connectivity index (χ1v) is 7.76. The van der Waals surface area contributed by atoms with Crippen LogP contribution in [0.25, 0.3) is 0 Å². The molecule has 2 N–H and O–H groups in total. The van der Waals surface area contributed by atoms with Gasteiger partial charge in [0.15, 0.2) is 0 Å². The number of hydrogen-bond donors (Lipinski definition) is 2. The number of β-amino-alcohol motifs (C(OH)–C–C–N with tert-alkyl or cyclic N) is 2. The molecule has 4 saturated carbocycles. The molecular formula is C15H23NO3. The normalized spacial score (nSPS) is 51.9. The number of rotatable bonds is 1. The van der Waals surface area contributed by atoms with Crippen molar-refractivity contribution < 1.29 is 15.0 Å². The molecule has 2 atom stereocenters. The Morgan fingerprint density at radius 3 is 1.79 bits per heavy atom. The summed E-state index contributed by atoms with van der Waals surface area (Å²) in [6.07, 6.45) is 4.85. The van der Waals surface area contributed by atoms with Crippen molar-refractivity contribution in [1.82, 2.24) is 4.90 Å². The summed E-state index contributed by atoms with van der Waals surface area (Å²) in [5, 5.41) is 19.2. The number of amides is 1. The molecule has 1 aliphatic heterocycles. The van der Waals surface area contributed by atoms with Gasteiger partial charge in [-0.25, -0.2) is 0 Å². The highest BCUT2D eigenvalue weighted by atomic mass is 16.3. The molecular weight excluding hydrogens is 242 g/mol. The van der Waals surface area contributed by atoms with E-state index in [-0.39, 0.29) is 11.8 Å². The smallest absolute Gasteiger partial charge is 0.226 e.